The van der Waals surface area contributed by atoms with Crippen LogP contribution >= 0.6 is 0 Å². The highest BCUT2D eigenvalue weighted by molar-refractivity contribution is 5.92. The fourth-order valence-corrected chi connectivity index (χ4v) is 3.46. The Hall–Kier alpha value is -2.27. The molecule has 0 aliphatic carbocycles. The van der Waals surface area contributed by atoms with E-state index in [1.165, 1.54) is 5.56 Å². The predicted molar refractivity (Wildman–Crippen MR) is 98.4 cm³/mol. The van der Waals surface area contributed by atoms with Crippen molar-refractivity contribution >= 4 is 5.91 Å². The summed E-state index contributed by atoms with van der Waals surface area (Å²) in [5.74, 6) is -0.0377. The average Bonchev–Trinajstić information content (AvgIpc) is 2.68. The maximum Gasteiger partial charge on any atom is 0.274 e. The maximum absolute atomic E-state index is 12.6. The third-order valence-electron chi connectivity index (χ3n) is 4.91. The van der Waals surface area contributed by atoms with Gasteiger partial charge in [0, 0.05) is 32.0 Å². The van der Waals surface area contributed by atoms with Crippen LogP contribution in [-0.2, 0) is 6.42 Å². The summed E-state index contributed by atoms with van der Waals surface area (Å²) in [7, 11) is 1.88. The molecule has 0 saturated carbocycles. The van der Waals surface area contributed by atoms with Crippen molar-refractivity contribution in [2.75, 3.05) is 26.7 Å². The van der Waals surface area contributed by atoms with Gasteiger partial charge in [-0.1, -0.05) is 30.3 Å². The molecule has 5 nitrogen and oxygen atoms in total. The number of nitrogens with zero attached hydrogens (tertiary/aromatic N) is 4. The van der Waals surface area contributed by atoms with Crippen LogP contribution in [0.2, 0.25) is 0 Å². The molecule has 0 N–H and O–H groups in total. The van der Waals surface area contributed by atoms with Crippen molar-refractivity contribution < 1.29 is 4.79 Å². The number of likely N-dealkylation sites (tertiary alicyclic amines) is 1. The van der Waals surface area contributed by atoms with Crippen LogP contribution in [0.3, 0.4) is 0 Å². The molecule has 0 spiro atoms. The number of piperidine rings is 1. The molecule has 0 radical (unpaired) electrons. The van der Waals surface area contributed by atoms with E-state index in [2.05, 4.69) is 45.2 Å². The zero-order chi connectivity index (χ0) is 17.5. The quantitative estimate of drug-likeness (QED) is 0.812. The van der Waals surface area contributed by atoms with Crippen LogP contribution in [0.25, 0.3) is 0 Å². The molecule has 1 saturated heterocycles. The number of likely N-dealkylation sites (N-methyl/N-ethyl adjacent to an activating group) is 1. The van der Waals surface area contributed by atoms with Gasteiger partial charge in [0.15, 0.2) is 0 Å². The smallest absolute Gasteiger partial charge is 0.274 e. The molecule has 1 aromatic heterocycles. The van der Waals surface area contributed by atoms with Crippen LogP contribution < -0.4 is 0 Å². The van der Waals surface area contributed by atoms with E-state index in [0.717, 1.165) is 45.3 Å². The van der Waals surface area contributed by atoms with Crippen LogP contribution in [0.15, 0.2) is 48.9 Å². The first kappa shape index (κ1) is 17.5. The molecule has 2 heterocycles. The van der Waals surface area contributed by atoms with Gasteiger partial charge >= 0.3 is 0 Å². The van der Waals surface area contributed by atoms with Gasteiger partial charge in [0.1, 0.15) is 5.69 Å². The Balaban J connectivity index is 1.49. The van der Waals surface area contributed by atoms with Gasteiger partial charge in [0.2, 0.25) is 0 Å². The number of hydrogen-bond donors (Lipinski definition) is 0. The zero-order valence-corrected chi connectivity index (χ0v) is 14.8. The van der Waals surface area contributed by atoms with E-state index in [9.17, 15) is 4.79 Å². The van der Waals surface area contributed by atoms with Crippen LogP contribution in [0.4, 0.5) is 0 Å². The maximum atomic E-state index is 12.6. The highest BCUT2D eigenvalue weighted by Gasteiger charge is 2.27. The molecule has 2 aromatic rings. The van der Waals surface area contributed by atoms with Gasteiger partial charge in [-0.3, -0.25) is 9.78 Å². The summed E-state index contributed by atoms with van der Waals surface area (Å²) in [4.78, 5) is 25.0. The van der Waals surface area contributed by atoms with Crippen molar-refractivity contribution in [1.82, 2.24) is 19.8 Å². The summed E-state index contributed by atoms with van der Waals surface area (Å²) in [6, 6.07) is 10.9. The molecule has 1 atom stereocenters. The molecule has 1 aromatic carbocycles. The average molecular weight is 338 g/mol. The second-order valence-electron chi connectivity index (χ2n) is 6.69. The Bertz CT molecular complexity index is 662. The van der Waals surface area contributed by atoms with Crippen LogP contribution in [0, 0.1) is 0 Å². The SMILES string of the molecule is CN(C(=O)c1cnccn1)[C@@H]1CCCN(CCCc2ccccc2)C1. The minimum Gasteiger partial charge on any atom is -0.336 e. The Morgan fingerprint density at radius 3 is 2.88 bits per heavy atom. The van der Waals surface area contributed by atoms with Crippen molar-refractivity contribution in [3.63, 3.8) is 0 Å². The molecule has 3 rings (SSSR count). The number of rotatable bonds is 6. The van der Waals surface area contributed by atoms with Gasteiger partial charge in [0.25, 0.3) is 5.91 Å². The van der Waals surface area contributed by atoms with Crippen molar-refractivity contribution in [3.05, 3.63) is 60.2 Å². The lowest BCUT2D eigenvalue weighted by atomic mass is 10.0. The number of benzene rings is 1. The lowest BCUT2D eigenvalue weighted by Gasteiger charge is -2.37. The highest BCUT2D eigenvalue weighted by Crippen LogP contribution is 2.17. The van der Waals surface area contributed by atoms with Gasteiger partial charge in [-0.25, -0.2) is 4.98 Å². The Labute approximate surface area is 149 Å². The summed E-state index contributed by atoms with van der Waals surface area (Å²) < 4.78 is 0. The van der Waals surface area contributed by atoms with Crippen molar-refractivity contribution in [2.45, 2.75) is 31.7 Å². The van der Waals surface area contributed by atoms with E-state index in [1.807, 2.05) is 11.9 Å². The molecule has 1 aliphatic heterocycles. The molecule has 0 bridgehead atoms. The highest BCUT2D eigenvalue weighted by atomic mass is 16.2. The number of amides is 1. The predicted octanol–water partition coefficient (Wildman–Crippen LogP) is 2.65. The number of aryl methyl sites for hydroxylation is 1. The normalized spacial score (nSPS) is 18.0. The Morgan fingerprint density at radius 2 is 2.12 bits per heavy atom. The van der Waals surface area contributed by atoms with Gasteiger partial charge in [0.05, 0.1) is 6.20 Å². The lowest BCUT2D eigenvalue weighted by Crippen LogP contribution is -2.48. The fraction of sp³-hybridized carbons (Fsp3) is 0.450. The van der Waals surface area contributed by atoms with Gasteiger partial charge in [-0.2, -0.15) is 0 Å². The summed E-state index contributed by atoms with van der Waals surface area (Å²) in [6.07, 6.45) is 9.14. The van der Waals surface area contributed by atoms with E-state index in [1.54, 1.807) is 18.6 Å². The van der Waals surface area contributed by atoms with E-state index in [-0.39, 0.29) is 11.9 Å². The zero-order valence-electron chi connectivity index (χ0n) is 14.8. The molecular formula is C20H26N4O. The van der Waals surface area contributed by atoms with E-state index >= 15 is 0 Å². The Morgan fingerprint density at radius 1 is 1.28 bits per heavy atom. The fourth-order valence-electron chi connectivity index (χ4n) is 3.46. The number of carbonyl (C=O) groups is 1. The first-order valence-corrected chi connectivity index (χ1v) is 9.03. The molecule has 5 heteroatoms. The van der Waals surface area contributed by atoms with Gasteiger partial charge < -0.3 is 9.80 Å². The van der Waals surface area contributed by atoms with E-state index in [4.69, 9.17) is 0 Å². The Kier molecular flexibility index (Phi) is 6.12. The van der Waals surface area contributed by atoms with Crippen LogP contribution in [0.5, 0.6) is 0 Å². The number of hydrogen-bond acceptors (Lipinski definition) is 4. The van der Waals surface area contributed by atoms with Crippen molar-refractivity contribution in [1.29, 1.82) is 0 Å². The second-order valence-corrected chi connectivity index (χ2v) is 6.69. The van der Waals surface area contributed by atoms with Crippen molar-refractivity contribution in [2.24, 2.45) is 0 Å². The third kappa shape index (κ3) is 4.86. The molecular weight excluding hydrogens is 312 g/mol. The summed E-state index contributed by atoms with van der Waals surface area (Å²) in [5, 5.41) is 0. The first-order chi connectivity index (χ1) is 12.2. The van der Waals surface area contributed by atoms with E-state index in [0.29, 0.717) is 5.69 Å². The monoisotopic (exact) mass is 338 g/mol. The molecule has 1 fully saturated rings. The summed E-state index contributed by atoms with van der Waals surface area (Å²) in [6.45, 7) is 3.15. The summed E-state index contributed by atoms with van der Waals surface area (Å²) in [5.41, 5.74) is 1.82. The standard InChI is InChI=1S/C20H26N4O/c1-23(20(25)19-15-21-11-12-22-19)18-10-6-14-24(16-18)13-5-9-17-7-3-2-4-8-17/h2-4,7-8,11-12,15,18H,5-6,9-10,13-14,16H2,1H3/t18-/m1/s1. The van der Waals surface area contributed by atoms with Crippen LogP contribution in [-0.4, -0.2) is 58.4 Å². The van der Waals surface area contributed by atoms with Gasteiger partial charge in [-0.05, 0) is 44.3 Å². The molecule has 25 heavy (non-hydrogen) atoms. The molecule has 132 valence electrons. The van der Waals surface area contributed by atoms with Crippen molar-refractivity contribution in [3.8, 4) is 0 Å². The largest absolute Gasteiger partial charge is 0.336 e. The second kappa shape index (κ2) is 8.72. The van der Waals surface area contributed by atoms with E-state index < -0.39 is 0 Å². The molecule has 1 aliphatic rings. The first-order valence-electron chi connectivity index (χ1n) is 9.03. The number of carbonyl (C=O) groups excluding carboxylic acids is 1. The lowest BCUT2D eigenvalue weighted by molar-refractivity contribution is 0.0611. The third-order valence-corrected chi connectivity index (χ3v) is 4.91. The summed E-state index contributed by atoms with van der Waals surface area (Å²) >= 11 is 0. The van der Waals surface area contributed by atoms with Crippen LogP contribution in [0.1, 0.15) is 35.3 Å². The van der Waals surface area contributed by atoms with Gasteiger partial charge in [-0.15, -0.1) is 0 Å². The molecule has 0 unspecified atom stereocenters. The molecule has 1 amide bonds. The minimum absolute atomic E-state index is 0.0377. The minimum atomic E-state index is -0.0377. The number of aromatic nitrogens is 2. The topological polar surface area (TPSA) is 49.3 Å².